The molecule has 0 saturated carbocycles. The van der Waals surface area contributed by atoms with E-state index in [1.54, 1.807) is 0 Å². The van der Waals surface area contributed by atoms with Crippen LogP contribution in [-0.2, 0) is 14.9 Å². The Morgan fingerprint density at radius 3 is 2.72 bits per heavy atom. The van der Waals surface area contributed by atoms with E-state index in [9.17, 15) is 4.79 Å². The summed E-state index contributed by atoms with van der Waals surface area (Å²) in [7, 11) is 0. The van der Waals surface area contributed by atoms with Gasteiger partial charge in [-0.2, -0.15) is 4.37 Å². The molecule has 1 N–H and O–H groups in total. The third kappa shape index (κ3) is 4.07. The molecule has 1 aliphatic heterocycles. The molecular formula is C19H25N3O2S. The van der Waals surface area contributed by atoms with Crippen LogP contribution in [0.1, 0.15) is 49.2 Å². The summed E-state index contributed by atoms with van der Waals surface area (Å²) < 4.78 is 10.1. The minimum absolute atomic E-state index is 0.0428. The Labute approximate surface area is 153 Å². The molecule has 1 unspecified atom stereocenters. The van der Waals surface area contributed by atoms with Gasteiger partial charge >= 0.3 is 0 Å². The van der Waals surface area contributed by atoms with E-state index in [1.165, 1.54) is 22.7 Å². The molecule has 5 nitrogen and oxygen atoms in total. The zero-order chi connectivity index (χ0) is 18.1. The van der Waals surface area contributed by atoms with E-state index in [2.05, 4.69) is 53.6 Å². The maximum Gasteiger partial charge on any atom is 0.241 e. The highest BCUT2D eigenvalue weighted by Crippen LogP contribution is 2.45. The minimum atomic E-state index is -0.254. The minimum Gasteiger partial charge on any atom is -0.376 e. The summed E-state index contributed by atoms with van der Waals surface area (Å²) in [4.78, 5) is 17.0. The van der Waals surface area contributed by atoms with E-state index in [1.807, 2.05) is 13.0 Å². The number of benzene rings is 1. The summed E-state index contributed by atoms with van der Waals surface area (Å²) in [5, 5.41) is 3.70. The van der Waals surface area contributed by atoms with Gasteiger partial charge in [0.1, 0.15) is 5.01 Å². The highest BCUT2D eigenvalue weighted by atomic mass is 32.1. The molecule has 1 aliphatic rings. The largest absolute Gasteiger partial charge is 0.376 e. The zero-order valence-electron chi connectivity index (χ0n) is 15.3. The van der Waals surface area contributed by atoms with E-state index in [0.717, 1.165) is 17.8 Å². The molecule has 3 rings (SSSR count). The molecule has 1 atom stereocenters. The Bertz CT molecular complexity index is 772. The summed E-state index contributed by atoms with van der Waals surface area (Å²) in [5.74, 6) is 0.359. The van der Waals surface area contributed by atoms with Crippen LogP contribution in [0.5, 0.6) is 0 Å². The maximum absolute atomic E-state index is 12.8. The first-order valence-corrected chi connectivity index (χ1v) is 9.37. The topological polar surface area (TPSA) is 64.1 Å². The number of carbonyl (C=O) groups is 1. The smallest absolute Gasteiger partial charge is 0.241 e. The Kier molecular flexibility index (Phi) is 4.93. The van der Waals surface area contributed by atoms with E-state index in [4.69, 9.17) is 4.74 Å². The van der Waals surface area contributed by atoms with Gasteiger partial charge in [0.05, 0.1) is 5.60 Å². The summed E-state index contributed by atoms with van der Waals surface area (Å²) >= 11 is 1.29. The Morgan fingerprint density at radius 1 is 1.32 bits per heavy atom. The lowest BCUT2D eigenvalue weighted by Crippen LogP contribution is -2.46. The van der Waals surface area contributed by atoms with E-state index in [0.29, 0.717) is 19.0 Å². The lowest BCUT2D eigenvalue weighted by Gasteiger charge is -2.45. The first kappa shape index (κ1) is 18.0. The summed E-state index contributed by atoms with van der Waals surface area (Å²) in [6.45, 7) is 8.85. The number of amides is 1. The molecule has 1 amide bonds. The lowest BCUT2D eigenvalue weighted by atomic mass is 9.66. The quantitative estimate of drug-likeness (QED) is 0.896. The maximum atomic E-state index is 12.8. The van der Waals surface area contributed by atoms with Crippen LogP contribution >= 0.6 is 11.5 Å². The molecular weight excluding hydrogens is 334 g/mol. The number of carbonyl (C=O) groups excluding carboxylic acids is 1. The summed E-state index contributed by atoms with van der Waals surface area (Å²) in [6, 6.07) is 8.35. The fourth-order valence-corrected chi connectivity index (χ4v) is 4.38. The van der Waals surface area contributed by atoms with E-state index in [-0.39, 0.29) is 16.9 Å². The van der Waals surface area contributed by atoms with Crippen molar-refractivity contribution >= 4 is 23.4 Å². The van der Waals surface area contributed by atoms with Crippen LogP contribution in [0.25, 0.3) is 0 Å². The van der Waals surface area contributed by atoms with Gasteiger partial charge in [0.25, 0.3) is 0 Å². The molecule has 25 heavy (non-hydrogen) atoms. The number of hydrogen-bond donors (Lipinski definition) is 1. The lowest BCUT2D eigenvalue weighted by molar-refractivity contribution is -0.122. The van der Waals surface area contributed by atoms with Gasteiger partial charge in [-0.15, -0.1) is 0 Å². The van der Waals surface area contributed by atoms with Crippen molar-refractivity contribution in [1.29, 1.82) is 0 Å². The van der Waals surface area contributed by atoms with Crippen molar-refractivity contribution in [2.45, 2.75) is 58.0 Å². The van der Waals surface area contributed by atoms with E-state index < -0.39 is 0 Å². The highest BCUT2D eigenvalue weighted by molar-refractivity contribution is 7.05. The number of nitrogens with one attached hydrogen (secondary N) is 1. The van der Waals surface area contributed by atoms with Crippen LogP contribution in [0.3, 0.4) is 0 Å². The molecule has 0 bridgehead atoms. The van der Waals surface area contributed by atoms with Crippen LogP contribution in [0.4, 0.5) is 5.95 Å². The number of hydrogen-bond acceptors (Lipinski definition) is 5. The van der Waals surface area contributed by atoms with Crippen LogP contribution in [0, 0.1) is 13.8 Å². The summed E-state index contributed by atoms with van der Waals surface area (Å²) in [5.41, 5.74) is 1.97. The molecule has 1 aromatic carbocycles. The average Bonchev–Trinajstić information content (AvgIpc) is 2.91. The third-order valence-corrected chi connectivity index (χ3v) is 5.45. The van der Waals surface area contributed by atoms with Crippen molar-refractivity contribution in [3.8, 4) is 0 Å². The second-order valence-corrected chi connectivity index (χ2v) is 8.45. The van der Waals surface area contributed by atoms with E-state index >= 15 is 0 Å². The zero-order valence-corrected chi connectivity index (χ0v) is 16.1. The molecule has 1 fully saturated rings. The molecule has 2 aromatic rings. The summed E-state index contributed by atoms with van der Waals surface area (Å²) in [6.07, 6.45) is 2.04. The van der Waals surface area contributed by atoms with Crippen molar-refractivity contribution < 1.29 is 9.53 Å². The number of aromatic nitrogens is 2. The Balaban J connectivity index is 1.89. The van der Waals surface area contributed by atoms with Gasteiger partial charge in [0.15, 0.2) is 0 Å². The predicted molar refractivity (Wildman–Crippen MR) is 100 cm³/mol. The fraction of sp³-hybridized carbons (Fsp3) is 0.526. The van der Waals surface area contributed by atoms with Gasteiger partial charge in [0.2, 0.25) is 11.9 Å². The molecule has 0 spiro atoms. The average molecular weight is 359 g/mol. The van der Waals surface area contributed by atoms with Gasteiger partial charge < -0.3 is 4.74 Å². The second-order valence-electron chi connectivity index (χ2n) is 7.49. The number of ether oxygens (including phenoxy) is 1. The fourth-order valence-electron chi connectivity index (χ4n) is 3.95. The number of rotatable bonds is 4. The van der Waals surface area contributed by atoms with Gasteiger partial charge in [-0.3, -0.25) is 10.1 Å². The third-order valence-electron chi connectivity index (χ3n) is 4.83. The molecule has 1 saturated heterocycles. The monoisotopic (exact) mass is 359 g/mol. The number of nitrogens with zero attached hydrogens (tertiary/aromatic N) is 2. The van der Waals surface area contributed by atoms with Crippen molar-refractivity contribution in [3.05, 3.63) is 40.4 Å². The molecule has 1 aromatic heterocycles. The van der Waals surface area contributed by atoms with Crippen molar-refractivity contribution in [2.75, 3.05) is 11.9 Å². The van der Waals surface area contributed by atoms with Gasteiger partial charge in [-0.25, -0.2) is 4.98 Å². The van der Waals surface area contributed by atoms with Crippen LogP contribution in [0.2, 0.25) is 0 Å². The number of aryl methyl sites for hydroxylation is 2. The number of anilines is 1. The van der Waals surface area contributed by atoms with Gasteiger partial charge in [-0.1, -0.05) is 24.3 Å². The first-order chi connectivity index (χ1) is 11.8. The van der Waals surface area contributed by atoms with Gasteiger partial charge in [0, 0.05) is 18.4 Å². The van der Waals surface area contributed by atoms with Crippen LogP contribution < -0.4 is 5.32 Å². The molecule has 2 heterocycles. The SMILES string of the molecule is Cc1nc(NC(=O)CC2(c3ccccc3C)CCOC(C)(C)C2)ns1. The predicted octanol–water partition coefficient (Wildman–Crippen LogP) is 4.01. The van der Waals surface area contributed by atoms with Crippen LogP contribution in [-0.4, -0.2) is 27.5 Å². The molecule has 134 valence electrons. The van der Waals surface area contributed by atoms with Gasteiger partial charge in [-0.05, 0) is 63.2 Å². The van der Waals surface area contributed by atoms with Crippen molar-refractivity contribution in [1.82, 2.24) is 9.36 Å². The Morgan fingerprint density at radius 2 is 2.08 bits per heavy atom. The van der Waals surface area contributed by atoms with Crippen molar-refractivity contribution in [2.24, 2.45) is 0 Å². The first-order valence-electron chi connectivity index (χ1n) is 8.60. The Hall–Kier alpha value is -1.79. The second kappa shape index (κ2) is 6.84. The van der Waals surface area contributed by atoms with Crippen LogP contribution in [0.15, 0.2) is 24.3 Å². The molecule has 0 radical (unpaired) electrons. The normalized spacial score (nSPS) is 22.6. The van der Waals surface area contributed by atoms with Crippen molar-refractivity contribution in [3.63, 3.8) is 0 Å². The molecule has 6 heteroatoms. The molecule has 0 aliphatic carbocycles. The highest BCUT2D eigenvalue weighted by Gasteiger charge is 2.44. The standard InChI is InChI=1S/C19H25N3O2S/c1-13-7-5-6-8-15(13)19(9-10-24-18(3,4)12-19)11-16(23)21-17-20-14(2)25-22-17/h5-8H,9-12H2,1-4H3,(H,21,22,23).